The number of likely N-dealkylation sites (tertiary alicyclic amines) is 1. The van der Waals surface area contributed by atoms with Crippen molar-refractivity contribution in [3.8, 4) is 17.9 Å². The fourth-order valence-corrected chi connectivity index (χ4v) is 10.0. The largest absolute Gasteiger partial charge is 0.373 e. The van der Waals surface area contributed by atoms with Crippen LogP contribution in [0.15, 0.2) is 42.9 Å². The summed E-state index contributed by atoms with van der Waals surface area (Å²) in [4.78, 5) is 46.9. The van der Waals surface area contributed by atoms with Gasteiger partial charge in [-0.15, -0.1) is 0 Å². The summed E-state index contributed by atoms with van der Waals surface area (Å²) in [6, 6.07) is 9.75. The van der Waals surface area contributed by atoms with Crippen LogP contribution in [0.1, 0.15) is 116 Å². The number of morpholine rings is 1. The summed E-state index contributed by atoms with van der Waals surface area (Å²) >= 11 is 0. The molecule has 0 bridgehead atoms. The second kappa shape index (κ2) is 19.1. The molecule has 5 aromatic rings. The van der Waals surface area contributed by atoms with E-state index in [0.717, 1.165) is 48.7 Å². The Kier molecular flexibility index (Phi) is 12.7. The van der Waals surface area contributed by atoms with Crippen LogP contribution in [0.4, 0.5) is 24.7 Å². The number of nitrogens with one attached hydrogen (secondary N) is 2. The zero-order chi connectivity index (χ0) is 46.2. The number of rotatable bonds is 12. The van der Waals surface area contributed by atoms with Crippen LogP contribution in [0.25, 0.3) is 16.6 Å². The highest BCUT2D eigenvalue weighted by atomic mass is 19.3. The van der Waals surface area contributed by atoms with Crippen molar-refractivity contribution in [2.75, 3.05) is 56.2 Å². The Labute approximate surface area is 383 Å². The monoisotopic (exact) mass is 920 g/mol. The van der Waals surface area contributed by atoms with Crippen LogP contribution in [-0.4, -0.2) is 121 Å². The van der Waals surface area contributed by atoms with Crippen LogP contribution in [-0.2, 0) is 19.1 Å². The Morgan fingerprint density at radius 3 is 2.64 bits per heavy atom. The van der Waals surface area contributed by atoms with Crippen molar-refractivity contribution in [1.82, 2.24) is 44.4 Å². The van der Waals surface area contributed by atoms with Crippen LogP contribution in [0.2, 0.25) is 0 Å². The Morgan fingerprint density at radius 2 is 1.87 bits per heavy atom. The number of benzene rings is 1. The van der Waals surface area contributed by atoms with Crippen molar-refractivity contribution in [3.05, 3.63) is 65.4 Å². The number of carbonyl (C=O) groups is 3. The molecule has 350 valence electrons. The van der Waals surface area contributed by atoms with Gasteiger partial charge in [-0.25, -0.2) is 22.7 Å². The van der Waals surface area contributed by atoms with Crippen LogP contribution < -0.4 is 15.5 Å². The molecule has 20 heteroatoms. The summed E-state index contributed by atoms with van der Waals surface area (Å²) in [5.41, 5.74) is 2.08. The van der Waals surface area contributed by atoms with Crippen molar-refractivity contribution >= 4 is 45.8 Å². The number of hydrogen-bond donors (Lipinski definition) is 2. The average molecular weight is 921 g/mol. The van der Waals surface area contributed by atoms with Crippen molar-refractivity contribution in [2.45, 2.75) is 107 Å². The third-order valence-corrected chi connectivity index (χ3v) is 13.7. The SMILES string of the molecule is N#CC[C@H]1CN(c2ccn3ncc(C(=O)Nc4cn(C5CCC(CN6CC[C@H](OCC#Cc7cccc8c(C9CCC(=O)NC9=O)nn(C9CC9)c78)[C@H](F)C6)CC5)nc4C(F)F)c3n2)CCO1. The van der Waals surface area contributed by atoms with Crippen molar-refractivity contribution < 1.29 is 37.0 Å². The summed E-state index contributed by atoms with van der Waals surface area (Å²) in [6.45, 7) is 3.17. The fraction of sp³-hybridized carbons (Fsp3) is 0.532. The second-order valence-electron chi connectivity index (χ2n) is 18.2. The maximum atomic E-state index is 15.6. The van der Waals surface area contributed by atoms with Crippen molar-refractivity contribution in [3.63, 3.8) is 0 Å². The molecule has 0 radical (unpaired) electrons. The number of alkyl halides is 3. The van der Waals surface area contributed by atoms with E-state index in [1.54, 1.807) is 16.9 Å². The molecule has 5 fully saturated rings. The molecular weight excluding hydrogens is 870 g/mol. The molecule has 17 nitrogen and oxygen atoms in total. The number of carbonyl (C=O) groups excluding carboxylic acids is 3. The number of amides is 3. The van der Waals surface area contributed by atoms with Gasteiger partial charge in [0.05, 0.1) is 78.0 Å². The maximum absolute atomic E-state index is 15.6. The first-order valence-electron chi connectivity index (χ1n) is 23.2. The normalized spacial score (nSPS) is 25.0. The van der Waals surface area contributed by atoms with E-state index in [1.165, 1.54) is 16.9 Å². The van der Waals surface area contributed by atoms with Gasteiger partial charge in [-0.05, 0) is 69.4 Å². The zero-order valence-corrected chi connectivity index (χ0v) is 36.8. The van der Waals surface area contributed by atoms with E-state index in [9.17, 15) is 23.2 Å². The number of imide groups is 1. The van der Waals surface area contributed by atoms with Crippen LogP contribution in [0.3, 0.4) is 0 Å². The van der Waals surface area contributed by atoms with Gasteiger partial charge in [0, 0.05) is 56.9 Å². The van der Waals surface area contributed by atoms with E-state index < -0.39 is 36.2 Å². The number of nitrogens with zero attached hydrogens (tertiary/aromatic N) is 10. The molecule has 2 saturated carbocycles. The number of ether oxygens (including phenoxy) is 2. The van der Waals surface area contributed by atoms with Crippen LogP contribution in [0.5, 0.6) is 0 Å². The quantitative estimate of drug-likeness (QED) is 0.116. The van der Waals surface area contributed by atoms with E-state index in [-0.39, 0.29) is 72.9 Å². The minimum Gasteiger partial charge on any atom is -0.373 e. The molecule has 10 rings (SSSR count). The van der Waals surface area contributed by atoms with Gasteiger partial charge in [-0.3, -0.25) is 34.0 Å². The molecule has 2 aliphatic carbocycles. The van der Waals surface area contributed by atoms with Crippen LogP contribution >= 0.6 is 0 Å². The molecule has 3 aliphatic heterocycles. The van der Waals surface area contributed by atoms with Gasteiger partial charge in [0.1, 0.15) is 24.2 Å². The van der Waals surface area contributed by atoms with Gasteiger partial charge in [0.25, 0.3) is 12.3 Å². The molecule has 4 atom stereocenters. The van der Waals surface area contributed by atoms with E-state index in [2.05, 4.69) is 48.6 Å². The molecule has 0 spiro atoms. The molecule has 5 aliphatic rings. The Morgan fingerprint density at radius 1 is 1.03 bits per heavy atom. The topological polar surface area (TPSA) is 190 Å². The van der Waals surface area contributed by atoms with E-state index in [1.807, 2.05) is 27.8 Å². The van der Waals surface area contributed by atoms with Gasteiger partial charge >= 0.3 is 0 Å². The standard InChI is InChI=1S/C47H51F3N12O5/c48-36-26-58(18-15-38(36)67-21-2-4-29-3-1-5-33-41(34-12-13-40(63)55-46(34)64)57-62(43(29)33)31-10-11-31)24-28-6-8-30(9-7-28)61-27-37(42(56-61)44(49)50)53-47(65)35-23-52-60-19-16-39(54-45(35)60)59-20-22-66-32(25-59)14-17-51/h1,3,5,16,19,23,27-28,30-32,34,36,38,44H,6-15,18,20-22,24-26H2,(H,53,65)(H,55,63,64)/t28?,30?,32-,34?,36+,38-/m0/s1. The third-order valence-electron chi connectivity index (χ3n) is 13.7. The Balaban J connectivity index is 0.712. The van der Waals surface area contributed by atoms with Crippen molar-refractivity contribution in [2.24, 2.45) is 5.92 Å². The van der Waals surface area contributed by atoms with Gasteiger partial charge < -0.3 is 19.7 Å². The molecule has 4 aromatic heterocycles. The summed E-state index contributed by atoms with van der Waals surface area (Å²) in [7, 11) is 0. The average Bonchev–Trinajstić information content (AvgIpc) is 3.75. The number of anilines is 2. The lowest BCUT2D eigenvalue weighted by atomic mass is 9.85. The lowest BCUT2D eigenvalue weighted by Crippen LogP contribution is -2.47. The molecule has 2 N–H and O–H groups in total. The molecule has 3 saturated heterocycles. The molecule has 3 amide bonds. The number of aromatic nitrogens is 7. The number of nitriles is 1. The Bertz CT molecular complexity index is 2780. The highest BCUT2D eigenvalue weighted by Crippen LogP contribution is 2.41. The predicted molar refractivity (Wildman–Crippen MR) is 237 cm³/mol. The molecule has 1 unspecified atom stereocenters. The van der Waals surface area contributed by atoms with Gasteiger partial charge in [-0.2, -0.15) is 20.6 Å². The molecule has 1 aromatic carbocycles. The van der Waals surface area contributed by atoms with Crippen LogP contribution in [0, 0.1) is 29.1 Å². The zero-order valence-electron chi connectivity index (χ0n) is 36.8. The highest BCUT2D eigenvalue weighted by molar-refractivity contribution is 6.08. The molecule has 67 heavy (non-hydrogen) atoms. The van der Waals surface area contributed by atoms with Gasteiger partial charge in [0.15, 0.2) is 11.3 Å². The maximum Gasteiger partial charge on any atom is 0.284 e. The smallest absolute Gasteiger partial charge is 0.284 e. The summed E-state index contributed by atoms with van der Waals surface area (Å²) in [6.07, 6.45) is 6.03. The van der Waals surface area contributed by atoms with E-state index in [0.29, 0.717) is 69.4 Å². The van der Waals surface area contributed by atoms with E-state index >= 15 is 4.39 Å². The Hall–Kier alpha value is -6.35. The van der Waals surface area contributed by atoms with Gasteiger partial charge in [0.2, 0.25) is 11.8 Å². The number of hydrogen-bond acceptors (Lipinski definition) is 12. The molecular formula is C47H51F3N12O5. The summed E-state index contributed by atoms with van der Waals surface area (Å²) < 4.78 is 60.8. The second-order valence-corrected chi connectivity index (χ2v) is 18.2. The first kappa shape index (κ1) is 44.5. The number of piperidine rings is 2. The van der Waals surface area contributed by atoms with Crippen molar-refractivity contribution in [1.29, 1.82) is 5.26 Å². The highest BCUT2D eigenvalue weighted by Gasteiger charge is 2.36. The first-order valence-corrected chi connectivity index (χ1v) is 23.2. The van der Waals surface area contributed by atoms with E-state index in [4.69, 9.17) is 19.8 Å². The number of para-hydroxylation sites is 1. The number of fused-ring (bicyclic) bond motifs is 2. The summed E-state index contributed by atoms with van der Waals surface area (Å²) in [5.74, 6) is 5.46. The number of halogens is 3. The predicted octanol–water partition coefficient (Wildman–Crippen LogP) is 5.65. The lowest BCUT2D eigenvalue weighted by Gasteiger charge is -2.38. The minimum atomic E-state index is -2.92. The summed E-state index contributed by atoms with van der Waals surface area (Å²) in [5, 5.41) is 28.4. The first-order chi connectivity index (χ1) is 32.6. The fourth-order valence-electron chi connectivity index (χ4n) is 10.0. The third kappa shape index (κ3) is 9.47. The van der Waals surface area contributed by atoms with Gasteiger partial charge in [-0.1, -0.05) is 24.0 Å². The lowest BCUT2D eigenvalue weighted by molar-refractivity contribution is -0.134. The molecule has 7 heterocycles. The minimum absolute atomic E-state index is 0.0647.